The average Bonchev–Trinajstić information content (AvgIpc) is 3.22. The number of carbonyl (C=O) groups is 1. The van der Waals surface area contributed by atoms with Gasteiger partial charge in [-0.25, -0.2) is 22.9 Å². The van der Waals surface area contributed by atoms with Gasteiger partial charge >= 0.3 is 0 Å². The molecule has 0 bridgehead atoms. The van der Waals surface area contributed by atoms with Crippen LogP contribution in [0.2, 0.25) is 0 Å². The number of methoxy groups -OCH3 is 1. The first kappa shape index (κ1) is 19.3. The van der Waals surface area contributed by atoms with Crippen molar-refractivity contribution in [3.63, 3.8) is 0 Å². The maximum atomic E-state index is 12.9. The van der Waals surface area contributed by atoms with E-state index in [0.717, 1.165) is 15.6 Å². The largest absolute Gasteiger partial charge is 0.481 e. The topological polar surface area (TPSA) is 111 Å². The molecule has 3 aromatic rings. The number of benzene rings is 1. The van der Waals surface area contributed by atoms with Gasteiger partial charge < -0.3 is 4.74 Å². The molecule has 2 aromatic heterocycles. The van der Waals surface area contributed by atoms with Gasteiger partial charge in [0.1, 0.15) is 0 Å². The van der Waals surface area contributed by atoms with E-state index in [0.29, 0.717) is 17.0 Å². The summed E-state index contributed by atoms with van der Waals surface area (Å²) < 4.78 is 31.9. The van der Waals surface area contributed by atoms with Crippen molar-refractivity contribution in [3.05, 3.63) is 72.7 Å². The molecule has 0 aliphatic carbocycles. The fourth-order valence-corrected chi connectivity index (χ4v) is 3.73. The van der Waals surface area contributed by atoms with Crippen LogP contribution in [0.5, 0.6) is 5.88 Å². The highest BCUT2D eigenvalue weighted by Gasteiger charge is 2.17. The summed E-state index contributed by atoms with van der Waals surface area (Å²) >= 11 is 0. The second-order valence-corrected chi connectivity index (χ2v) is 7.55. The standard InChI is InChI=1S/C19H17N3O5S/c1-27-19-8-6-16(12-20-19)15-3-2-4-17(11-15)28(25,26)22-10-9-14(13-22)5-7-18(23)21-24/h2-13,24H,1H3,(H,21,23)/b7-5+. The smallest absolute Gasteiger partial charge is 0.267 e. The minimum absolute atomic E-state index is 0.111. The maximum absolute atomic E-state index is 12.9. The third kappa shape index (κ3) is 4.11. The molecule has 28 heavy (non-hydrogen) atoms. The molecule has 0 radical (unpaired) electrons. The van der Waals surface area contributed by atoms with Crippen molar-refractivity contribution in [2.75, 3.05) is 7.11 Å². The molecule has 9 heteroatoms. The summed E-state index contributed by atoms with van der Waals surface area (Å²) in [6.07, 6.45) is 6.83. The number of hydrogen-bond acceptors (Lipinski definition) is 6. The summed E-state index contributed by atoms with van der Waals surface area (Å²) in [4.78, 5) is 15.3. The number of pyridine rings is 1. The van der Waals surface area contributed by atoms with Crippen LogP contribution in [0.1, 0.15) is 5.56 Å². The molecule has 2 N–H and O–H groups in total. The Morgan fingerprint density at radius 1 is 1.21 bits per heavy atom. The van der Waals surface area contributed by atoms with Crippen LogP contribution in [-0.2, 0) is 14.8 Å². The van der Waals surface area contributed by atoms with Gasteiger partial charge in [-0.2, -0.15) is 0 Å². The normalized spacial score (nSPS) is 11.5. The van der Waals surface area contributed by atoms with Crippen LogP contribution in [-0.4, -0.2) is 35.6 Å². The molecule has 0 saturated heterocycles. The van der Waals surface area contributed by atoms with Crippen LogP contribution in [0.3, 0.4) is 0 Å². The average molecular weight is 399 g/mol. The summed E-state index contributed by atoms with van der Waals surface area (Å²) in [5.41, 5.74) is 3.40. The first-order valence-electron chi connectivity index (χ1n) is 8.10. The summed E-state index contributed by atoms with van der Waals surface area (Å²) in [5.74, 6) is -0.244. The highest BCUT2D eigenvalue weighted by Crippen LogP contribution is 2.24. The molecule has 0 fully saturated rings. The molecule has 0 aliphatic rings. The Labute approximate surface area is 161 Å². The van der Waals surface area contributed by atoms with Gasteiger partial charge in [0, 0.05) is 36.3 Å². The van der Waals surface area contributed by atoms with E-state index < -0.39 is 15.9 Å². The lowest BCUT2D eigenvalue weighted by Gasteiger charge is -2.08. The number of carbonyl (C=O) groups excluding carboxylic acids is 1. The van der Waals surface area contributed by atoms with E-state index in [-0.39, 0.29) is 4.90 Å². The van der Waals surface area contributed by atoms with Gasteiger partial charge in [0.25, 0.3) is 15.9 Å². The third-order valence-corrected chi connectivity index (χ3v) is 5.55. The number of nitrogens with zero attached hydrogens (tertiary/aromatic N) is 2. The third-order valence-electron chi connectivity index (χ3n) is 3.92. The van der Waals surface area contributed by atoms with E-state index >= 15 is 0 Å². The van der Waals surface area contributed by atoms with Crippen LogP contribution < -0.4 is 10.2 Å². The first-order valence-corrected chi connectivity index (χ1v) is 9.54. The molecule has 0 aliphatic heterocycles. The molecule has 1 aromatic carbocycles. The highest BCUT2D eigenvalue weighted by atomic mass is 32.2. The molecule has 144 valence electrons. The van der Waals surface area contributed by atoms with Crippen molar-refractivity contribution in [1.29, 1.82) is 0 Å². The van der Waals surface area contributed by atoms with Crippen molar-refractivity contribution < 1.29 is 23.2 Å². The van der Waals surface area contributed by atoms with Gasteiger partial charge in [-0.1, -0.05) is 12.1 Å². The number of rotatable bonds is 6. The SMILES string of the molecule is COc1ccc(-c2cccc(S(=O)(=O)n3ccc(/C=C/C(=O)NO)c3)c2)cn1. The maximum Gasteiger partial charge on any atom is 0.267 e. The van der Waals surface area contributed by atoms with Gasteiger partial charge in [-0.05, 0) is 41.5 Å². The molecular formula is C19H17N3O5S. The number of amides is 1. The Bertz CT molecular complexity index is 1120. The van der Waals surface area contributed by atoms with E-state index in [9.17, 15) is 13.2 Å². The minimum atomic E-state index is -3.82. The molecule has 0 unspecified atom stereocenters. The second kappa shape index (κ2) is 8.07. The fraction of sp³-hybridized carbons (Fsp3) is 0.0526. The van der Waals surface area contributed by atoms with Crippen molar-refractivity contribution in [2.45, 2.75) is 4.90 Å². The van der Waals surface area contributed by atoms with E-state index in [1.54, 1.807) is 36.5 Å². The van der Waals surface area contributed by atoms with Crippen LogP contribution in [0.15, 0.2) is 72.0 Å². The lowest BCUT2D eigenvalue weighted by Crippen LogP contribution is -2.14. The van der Waals surface area contributed by atoms with E-state index in [1.807, 2.05) is 0 Å². The zero-order valence-corrected chi connectivity index (χ0v) is 15.6. The summed E-state index contributed by atoms with van der Waals surface area (Å²) in [6, 6.07) is 11.5. The van der Waals surface area contributed by atoms with E-state index in [1.165, 1.54) is 43.2 Å². The Hall–Kier alpha value is -3.43. The Balaban J connectivity index is 1.91. The van der Waals surface area contributed by atoms with Crippen molar-refractivity contribution in [1.82, 2.24) is 14.4 Å². The van der Waals surface area contributed by atoms with Gasteiger partial charge in [0.05, 0.1) is 12.0 Å². The van der Waals surface area contributed by atoms with Crippen LogP contribution in [0.25, 0.3) is 17.2 Å². The predicted molar refractivity (Wildman–Crippen MR) is 102 cm³/mol. The zero-order valence-electron chi connectivity index (χ0n) is 14.8. The molecule has 0 spiro atoms. The molecule has 0 atom stereocenters. The van der Waals surface area contributed by atoms with Crippen LogP contribution in [0, 0.1) is 0 Å². The molecule has 8 nitrogen and oxygen atoms in total. The van der Waals surface area contributed by atoms with Crippen molar-refractivity contribution >= 4 is 22.0 Å². The van der Waals surface area contributed by atoms with Crippen LogP contribution in [0.4, 0.5) is 0 Å². The molecule has 0 saturated carbocycles. The summed E-state index contributed by atoms with van der Waals surface area (Å²) in [7, 11) is -2.30. The van der Waals surface area contributed by atoms with Crippen molar-refractivity contribution in [2.24, 2.45) is 0 Å². The molecular weight excluding hydrogens is 382 g/mol. The van der Waals surface area contributed by atoms with E-state index in [4.69, 9.17) is 9.94 Å². The van der Waals surface area contributed by atoms with Gasteiger partial charge in [-0.15, -0.1) is 0 Å². The zero-order chi connectivity index (χ0) is 20.1. The van der Waals surface area contributed by atoms with Crippen LogP contribution >= 0.6 is 0 Å². The first-order chi connectivity index (χ1) is 13.4. The lowest BCUT2D eigenvalue weighted by atomic mass is 10.1. The monoisotopic (exact) mass is 399 g/mol. The highest BCUT2D eigenvalue weighted by molar-refractivity contribution is 7.90. The summed E-state index contributed by atoms with van der Waals surface area (Å²) in [5, 5.41) is 8.48. The lowest BCUT2D eigenvalue weighted by molar-refractivity contribution is -0.124. The quantitative estimate of drug-likeness (QED) is 0.374. The summed E-state index contributed by atoms with van der Waals surface area (Å²) in [6.45, 7) is 0. The van der Waals surface area contributed by atoms with Gasteiger partial charge in [-0.3, -0.25) is 10.0 Å². The number of hydrogen-bond donors (Lipinski definition) is 2. The number of aromatic nitrogens is 2. The second-order valence-electron chi connectivity index (χ2n) is 5.71. The molecule has 2 heterocycles. The Morgan fingerprint density at radius 2 is 2.04 bits per heavy atom. The number of ether oxygens (including phenoxy) is 1. The minimum Gasteiger partial charge on any atom is -0.481 e. The van der Waals surface area contributed by atoms with Crippen molar-refractivity contribution in [3.8, 4) is 17.0 Å². The Morgan fingerprint density at radius 3 is 2.71 bits per heavy atom. The molecule has 1 amide bonds. The Kier molecular flexibility index (Phi) is 5.57. The molecule has 3 rings (SSSR count). The van der Waals surface area contributed by atoms with E-state index in [2.05, 4.69) is 4.98 Å². The predicted octanol–water partition coefficient (Wildman–Crippen LogP) is 2.31. The number of hydroxylamine groups is 1. The number of nitrogens with one attached hydrogen (secondary N) is 1. The van der Waals surface area contributed by atoms with Gasteiger partial charge in [0.15, 0.2) is 0 Å². The fourth-order valence-electron chi connectivity index (χ4n) is 2.48. The van der Waals surface area contributed by atoms with Gasteiger partial charge in [0.2, 0.25) is 5.88 Å².